The summed E-state index contributed by atoms with van der Waals surface area (Å²) in [4.78, 5) is 14.1. The monoisotopic (exact) mass is 388 g/mol. The van der Waals surface area contributed by atoms with E-state index < -0.39 is 0 Å². The minimum atomic E-state index is -0.0899. The summed E-state index contributed by atoms with van der Waals surface area (Å²) in [6, 6.07) is 19.6. The Hall–Kier alpha value is -2.89. The Bertz CT molecular complexity index is 1190. The average Bonchev–Trinajstić information content (AvgIpc) is 3.11. The zero-order chi connectivity index (χ0) is 18.9. The van der Waals surface area contributed by atoms with Crippen molar-refractivity contribution in [1.82, 2.24) is 9.88 Å². The molecule has 5 heteroatoms. The molecule has 0 fully saturated rings. The van der Waals surface area contributed by atoms with Gasteiger partial charge in [-0.15, -0.1) is 11.3 Å². The van der Waals surface area contributed by atoms with Crippen LogP contribution in [0.5, 0.6) is 5.75 Å². The minimum absolute atomic E-state index is 0.0899. The largest absolute Gasteiger partial charge is 0.489 e. The van der Waals surface area contributed by atoms with Gasteiger partial charge in [-0.1, -0.05) is 36.4 Å². The smallest absolute Gasteiger partial charge is 0.258 e. The topological polar surface area (TPSA) is 43.3 Å². The summed E-state index contributed by atoms with van der Waals surface area (Å²) in [6.45, 7) is 2.42. The second kappa shape index (κ2) is 7.26. The molecule has 140 valence electrons. The van der Waals surface area contributed by atoms with E-state index in [0.29, 0.717) is 12.4 Å². The van der Waals surface area contributed by atoms with Crippen LogP contribution < -0.4 is 15.6 Å². The van der Waals surface area contributed by atoms with E-state index in [0.717, 1.165) is 30.8 Å². The number of hydrogen-bond acceptors (Lipinski definition) is 4. The average molecular weight is 388 g/mol. The van der Waals surface area contributed by atoms with E-state index in [2.05, 4.69) is 17.4 Å². The van der Waals surface area contributed by atoms with Crippen molar-refractivity contribution < 1.29 is 4.74 Å². The zero-order valence-electron chi connectivity index (χ0n) is 15.4. The van der Waals surface area contributed by atoms with Crippen LogP contribution in [0.4, 0.5) is 0 Å². The summed E-state index contributed by atoms with van der Waals surface area (Å²) in [5, 5.41) is 4.74. The number of benzene rings is 2. The Kier molecular flexibility index (Phi) is 4.47. The van der Waals surface area contributed by atoms with Gasteiger partial charge in [0.1, 0.15) is 12.4 Å². The Morgan fingerprint density at radius 1 is 1.07 bits per heavy atom. The van der Waals surface area contributed by atoms with Crippen molar-refractivity contribution in [3.8, 4) is 11.4 Å². The first-order valence-corrected chi connectivity index (χ1v) is 10.2. The molecule has 5 rings (SSSR count). The fraction of sp³-hybridized carbons (Fsp3) is 0.174. The molecule has 0 saturated carbocycles. The molecule has 0 saturated heterocycles. The van der Waals surface area contributed by atoms with Crippen molar-refractivity contribution >= 4 is 21.4 Å². The van der Waals surface area contributed by atoms with Crippen molar-refractivity contribution in [3.05, 3.63) is 93.2 Å². The predicted octanol–water partition coefficient (Wildman–Crippen LogP) is 4.28. The van der Waals surface area contributed by atoms with Crippen LogP contribution in [-0.2, 0) is 19.6 Å². The van der Waals surface area contributed by atoms with Gasteiger partial charge in [0.2, 0.25) is 0 Å². The number of rotatable bonds is 4. The summed E-state index contributed by atoms with van der Waals surface area (Å²) >= 11 is 1.84. The van der Waals surface area contributed by atoms with Gasteiger partial charge < -0.3 is 10.1 Å². The van der Waals surface area contributed by atoms with Gasteiger partial charge in [-0.2, -0.15) is 0 Å². The maximum absolute atomic E-state index is 12.7. The van der Waals surface area contributed by atoms with Crippen molar-refractivity contribution in [3.63, 3.8) is 0 Å². The highest BCUT2D eigenvalue weighted by Crippen LogP contribution is 2.34. The SMILES string of the molecule is O=c1cc(OCc2ccccc2)ccn1-c1ccc2c3c(sc2c1)CCNC3. The quantitative estimate of drug-likeness (QED) is 0.568. The van der Waals surface area contributed by atoms with Crippen molar-refractivity contribution in [2.24, 2.45) is 0 Å². The summed E-state index contributed by atoms with van der Waals surface area (Å²) in [5.74, 6) is 0.587. The lowest BCUT2D eigenvalue weighted by Crippen LogP contribution is -2.22. The van der Waals surface area contributed by atoms with Gasteiger partial charge >= 0.3 is 0 Å². The normalized spacial score (nSPS) is 13.4. The molecule has 2 aromatic heterocycles. The number of thiophene rings is 1. The third-order valence-electron chi connectivity index (χ3n) is 5.11. The van der Waals surface area contributed by atoms with E-state index in [4.69, 9.17) is 4.74 Å². The molecular formula is C23H20N2O2S. The molecule has 1 N–H and O–H groups in total. The summed E-state index contributed by atoms with van der Waals surface area (Å²) in [6.07, 6.45) is 2.87. The Morgan fingerprint density at radius 3 is 2.82 bits per heavy atom. The van der Waals surface area contributed by atoms with E-state index in [1.165, 1.54) is 20.5 Å². The summed E-state index contributed by atoms with van der Waals surface area (Å²) < 4.78 is 8.68. The first-order chi connectivity index (χ1) is 13.8. The first-order valence-electron chi connectivity index (χ1n) is 9.43. The molecule has 1 aliphatic rings. The third-order valence-corrected chi connectivity index (χ3v) is 6.36. The van der Waals surface area contributed by atoms with Crippen LogP contribution in [0.3, 0.4) is 0 Å². The van der Waals surface area contributed by atoms with Gasteiger partial charge in [-0.25, -0.2) is 0 Å². The van der Waals surface area contributed by atoms with Crippen molar-refractivity contribution in [1.29, 1.82) is 0 Å². The molecule has 0 bridgehead atoms. The number of aromatic nitrogens is 1. The fourth-order valence-electron chi connectivity index (χ4n) is 3.65. The second-order valence-corrected chi connectivity index (χ2v) is 8.09. The molecule has 0 atom stereocenters. The lowest BCUT2D eigenvalue weighted by Gasteiger charge is -2.12. The van der Waals surface area contributed by atoms with Gasteiger partial charge in [-0.3, -0.25) is 9.36 Å². The standard InChI is InChI=1S/C23H20N2O2S/c26-23-13-18(27-15-16-4-2-1-3-5-16)9-11-25(23)17-6-7-19-20-14-24-10-8-21(20)28-22(19)12-17/h1-7,9,11-13,24H,8,10,14-15H2. The van der Waals surface area contributed by atoms with Gasteiger partial charge in [0.05, 0.1) is 5.69 Å². The number of pyridine rings is 1. The lowest BCUT2D eigenvalue weighted by atomic mass is 10.1. The third kappa shape index (κ3) is 3.23. The molecule has 0 unspecified atom stereocenters. The highest BCUT2D eigenvalue weighted by molar-refractivity contribution is 7.19. The van der Waals surface area contributed by atoms with E-state index in [1.807, 2.05) is 53.8 Å². The molecule has 28 heavy (non-hydrogen) atoms. The van der Waals surface area contributed by atoms with E-state index in [1.54, 1.807) is 16.8 Å². The maximum Gasteiger partial charge on any atom is 0.258 e. The van der Waals surface area contributed by atoms with E-state index in [9.17, 15) is 4.79 Å². The number of nitrogens with zero attached hydrogens (tertiary/aromatic N) is 1. The minimum Gasteiger partial charge on any atom is -0.489 e. The molecule has 4 aromatic rings. The lowest BCUT2D eigenvalue weighted by molar-refractivity contribution is 0.305. The van der Waals surface area contributed by atoms with Crippen LogP contribution >= 0.6 is 11.3 Å². The molecule has 0 amide bonds. The number of fused-ring (bicyclic) bond motifs is 3. The highest BCUT2D eigenvalue weighted by Gasteiger charge is 2.16. The predicted molar refractivity (Wildman–Crippen MR) is 114 cm³/mol. The molecule has 0 aliphatic carbocycles. The molecule has 0 spiro atoms. The van der Waals surface area contributed by atoms with Crippen LogP contribution in [-0.4, -0.2) is 11.1 Å². The van der Waals surface area contributed by atoms with Gasteiger partial charge in [0.15, 0.2) is 0 Å². The highest BCUT2D eigenvalue weighted by atomic mass is 32.1. The van der Waals surface area contributed by atoms with E-state index >= 15 is 0 Å². The fourth-order valence-corrected chi connectivity index (χ4v) is 4.91. The Labute approximate surface area is 167 Å². The van der Waals surface area contributed by atoms with Gasteiger partial charge in [0.25, 0.3) is 5.56 Å². The first kappa shape index (κ1) is 17.2. The van der Waals surface area contributed by atoms with Crippen LogP contribution in [0.15, 0.2) is 71.7 Å². The molecule has 0 radical (unpaired) electrons. The Balaban J connectivity index is 1.42. The van der Waals surface area contributed by atoms with Gasteiger partial charge in [-0.05, 0) is 41.1 Å². The van der Waals surface area contributed by atoms with Crippen LogP contribution in [0.25, 0.3) is 15.8 Å². The van der Waals surface area contributed by atoms with E-state index in [-0.39, 0.29) is 5.56 Å². The van der Waals surface area contributed by atoms with Crippen LogP contribution in [0.1, 0.15) is 16.0 Å². The number of hydrogen-bond donors (Lipinski definition) is 1. The van der Waals surface area contributed by atoms with Crippen molar-refractivity contribution in [2.45, 2.75) is 19.6 Å². The number of nitrogens with one attached hydrogen (secondary N) is 1. The van der Waals surface area contributed by atoms with Crippen LogP contribution in [0, 0.1) is 0 Å². The summed E-state index contributed by atoms with van der Waals surface area (Å²) in [5.41, 5.74) is 3.29. The van der Waals surface area contributed by atoms with Crippen molar-refractivity contribution in [2.75, 3.05) is 6.54 Å². The molecule has 2 aromatic carbocycles. The molecule has 4 nitrogen and oxygen atoms in total. The Morgan fingerprint density at radius 2 is 1.96 bits per heavy atom. The maximum atomic E-state index is 12.7. The molecule has 1 aliphatic heterocycles. The number of ether oxygens (including phenoxy) is 1. The van der Waals surface area contributed by atoms with Crippen LogP contribution in [0.2, 0.25) is 0 Å². The summed E-state index contributed by atoms with van der Waals surface area (Å²) in [7, 11) is 0. The second-order valence-electron chi connectivity index (χ2n) is 6.96. The zero-order valence-corrected chi connectivity index (χ0v) is 16.2. The van der Waals surface area contributed by atoms with Gasteiger partial charge in [0, 0.05) is 34.9 Å². The molecular weight excluding hydrogens is 368 g/mol. The molecule has 3 heterocycles.